The first-order valence-electron chi connectivity index (χ1n) is 11.6. The van der Waals surface area contributed by atoms with Gasteiger partial charge in [-0.2, -0.15) is 4.98 Å². The summed E-state index contributed by atoms with van der Waals surface area (Å²) in [5.41, 5.74) is 1.01. The van der Waals surface area contributed by atoms with Crippen molar-refractivity contribution in [1.82, 2.24) is 15.3 Å². The summed E-state index contributed by atoms with van der Waals surface area (Å²) in [4.78, 5) is 11.6. The maximum atomic E-state index is 4.80. The highest BCUT2D eigenvalue weighted by molar-refractivity contribution is 5.90. The number of anilines is 2. The fourth-order valence-electron chi connectivity index (χ4n) is 5.07. The lowest BCUT2D eigenvalue weighted by Crippen LogP contribution is -2.32. The van der Waals surface area contributed by atoms with Crippen LogP contribution in [-0.2, 0) is 0 Å². The van der Waals surface area contributed by atoms with Gasteiger partial charge in [0, 0.05) is 25.5 Å². The van der Waals surface area contributed by atoms with Crippen LogP contribution in [0.2, 0.25) is 0 Å². The second-order valence-electron chi connectivity index (χ2n) is 9.29. The summed E-state index contributed by atoms with van der Waals surface area (Å²) in [6.45, 7) is 2.40. The van der Waals surface area contributed by atoms with E-state index >= 15 is 0 Å². The minimum atomic E-state index is 0.487. The fraction of sp³-hybridized carbons (Fsp3) is 0.667. The molecule has 0 spiro atoms. The first-order chi connectivity index (χ1) is 14.2. The Morgan fingerprint density at radius 3 is 2.45 bits per heavy atom. The van der Waals surface area contributed by atoms with Crippen molar-refractivity contribution in [2.75, 3.05) is 37.4 Å². The number of aromatic nitrogens is 2. The molecule has 0 unspecified atom stereocenters. The Bertz CT molecular complexity index is 776. The Kier molecular flexibility index (Phi) is 6.86. The van der Waals surface area contributed by atoms with Gasteiger partial charge in [-0.1, -0.05) is 37.8 Å². The van der Waals surface area contributed by atoms with Gasteiger partial charge in [0.2, 0.25) is 5.95 Å². The predicted octanol–water partition coefficient (Wildman–Crippen LogP) is 4.84. The van der Waals surface area contributed by atoms with Gasteiger partial charge >= 0.3 is 0 Å². The van der Waals surface area contributed by atoms with Crippen molar-refractivity contribution < 1.29 is 0 Å². The maximum absolute atomic E-state index is 4.80. The van der Waals surface area contributed by atoms with Crippen molar-refractivity contribution in [3.8, 4) is 0 Å². The molecule has 158 valence electrons. The average Bonchev–Trinajstić information content (AvgIpc) is 3.25. The number of hydrogen-bond donors (Lipinski definition) is 2. The zero-order chi connectivity index (χ0) is 20.1. The summed E-state index contributed by atoms with van der Waals surface area (Å²) in [6.07, 6.45) is 12.2. The zero-order valence-electron chi connectivity index (χ0n) is 18.2. The van der Waals surface area contributed by atoms with E-state index in [2.05, 4.69) is 33.7 Å². The van der Waals surface area contributed by atoms with E-state index < -0.39 is 0 Å². The van der Waals surface area contributed by atoms with Crippen LogP contribution >= 0.6 is 0 Å². The van der Waals surface area contributed by atoms with Gasteiger partial charge in [-0.05, 0) is 69.2 Å². The SMILES string of the molecule is CN(C)c1nc(N[C@H]2CC[C@@H](CNCCC3CCCC3)CC2)nc2ccccc12. The minimum absolute atomic E-state index is 0.487. The zero-order valence-corrected chi connectivity index (χ0v) is 18.2. The molecule has 2 N–H and O–H groups in total. The van der Waals surface area contributed by atoms with E-state index in [0.29, 0.717) is 6.04 Å². The Morgan fingerprint density at radius 1 is 0.931 bits per heavy atom. The molecular weight excluding hydrogens is 358 g/mol. The number of nitrogens with zero attached hydrogens (tertiary/aromatic N) is 3. The molecule has 4 rings (SSSR count). The minimum Gasteiger partial charge on any atom is -0.362 e. The maximum Gasteiger partial charge on any atom is 0.225 e. The van der Waals surface area contributed by atoms with Crippen LogP contribution in [0.15, 0.2) is 24.3 Å². The summed E-state index contributed by atoms with van der Waals surface area (Å²) in [7, 11) is 4.09. The average molecular weight is 396 g/mol. The number of para-hydroxylation sites is 1. The number of fused-ring (bicyclic) bond motifs is 1. The normalized spacial score (nSPS) is 22.8. The molecule has 0 aliphatic heterocycles. The van der Waals surface area contributed by atoms with Crippen LogP contribution in [0, 0.1) is 11.8 Å². The molecular formula is C24H37N5. The van der Waals surface area contributed by atoms with Crippen LogP contribution in [0.1, 0.15) is 57.8 Å². The van der Waals surface area contributed by atoms with Gasteiger partial charge in [-0.15, -0.1) is 0 Å². The van der Waals surface area contributed by atoms with Gasteiger partial charge in [0.05, 0.1) is 5.52 Å². The molecule has 2 fully saturated rings. The van der Waals surface area contributed by atoms with E-state index in [1.807, 2.05) is 20.2 Å². The molecule has 2 saturated carbocycles. The third-order valence-electron chi connectivity index (χ3n) is 6.82. The molecule has 2 aliphatic rings. The third-order valence-corrected chi connectivity index (χ3v) is 6.82. The summed E-state index contributed by atoms with van der Waals surface area (Å²) in [5, 5.41) is 8.47. The Hall–Kier alpha value is -1.88. The number of nitrogens with one attached hydrogen (secondary N) is 2. The molecule has 0 radical (unpaired) electrons. The summed E-state index contributed by atoms with van der Waals surface area (Å²) in [6, 6.07) is 8.75. The van der Waals surface area contributed by atoms with E-state index in [0.717, 1.165) is 34.5 Å². The van der Waals surface area contributed by atoms with Crippen LogP contribution in [0.4, 0.5) is 11.8 Å². The van der Waals surface area contributed by atoms with E-state index in [9.17, 15) is 0 Å². The molecule has 29 heavy (non-hydrogen) atoms. The van der Waals surface area contributed by atoms with Gasteiger partial charge in [0.1, 0.15) is 5.82 Å². The Morgan fingerprint density at radius 2 is 1.69 bits per heavy atom. The highest BCUT2D eigenvalue weighted by Gasteiger charge is 2.22. The van der Waals surface area contributed by atoms with Crippen LogP contribution in [0.5, 0.6) is 0 Å². The number of benzene rings is 1. The van der Waals surface area contributed by atoms with Crippen molar-refractivity contribution in [1.29, 1.82) is 0 Å². The molecule has 5 heteroatoms. The topological polar surface area (TPSA) is 53.1 Å². The summed E-state index contributed by atoms with van der Waals surface area (Å²) in [5.74, 6) is 3.58. The third kappa shape index (κ3) is 5.39. The van der Waals surface area contributed by atoms with Crippen molar-refractivity contribution in [2.24, 2.45) is 11.8 Å². The molecule has 2 aromatic rings. The molecule has 1 aromatic heterocycles. The first-order valence-corrected chi connectivity index (χ1v) is 11.6. The summed E-state index contributed by atoms with van der Waals surface area (Å²) >= 11 is 0. The molecule has 0 bridgehead atoms. The monoisotopic (exact) mass is 395 g/mol. The van der Waals surface area contributed by atoms with E-state index in [1.54, 1.807) is 0 Å². The second kappa shape index (κ2) is 9.75. The fourth-order valence-corrected chi connectivity index (χ4v) is 5.07. The molecule has 5 nitrogen and oxygen atoms in total. The van der Waals surface area contributed by atoms with E-state index in [1.165, 1.54) is 70.9 Å². The Balaban J connectivity index is 1.25. The van der Waals surface area contributed by atoms with E-state index in [4.69, 9.17) is 9.97 Å². The lowest BCUT2D eigenvalue weighted by atomic mass is 9.86. The predicted molar refractivity (Wildman–Crippen MR) is 123 cm³/mol. The molecule has 2 aliphatic carbocycles. The standard InChI is InChI=1S/C24H37N5/c1-29(2)23-21-9-5-6-10-22(21)27-24(28-23)26-20-13-11-19(12-14-20)17-25-16-15-18-7-3-4-8-18/h5-6,9-10,18-20,25H,3-4,7-8,11-17H2,1-2H3,(H,26,27,28)/t19-,20+. The highest BCUT2D eigenvalue weighted by atomic mass is 15.2. The molecule has 0 amide bonds. The highest BCUT2D eigenvalue weighted by Crippen LogP contribution is 2.29. The Labute approximate surface area is 175 Å². The van der Waals surface area contributed by atoms with Crippen LogP contribution in [-0.4, -0.2) is 43.2 Å². The lowest BCUT2D eigenvalue weighted by molar-refractivity contribution is 0.320. The number of hydrogen-bond acceptors (Lipinski definition) is 5. The summed E-state index contributed by atoms with van der Waals surface area (Å²) < 4.78 is 0. The van der Waals surface area contributed by atoms with Gasteiger partial charge in [-0.3, -0.25) is 0 Å². The van der Waals surface area contributed by atoms with Crippen LogP contribution in [0.25, 0.3) is 10.9 Å². The van der Waals surface area contributed by atoms with Crippen LogP contribution in [0.3, 0.4) is 0 Å². The number of rotatable bonds is 8. The second-order valence-corrected chi connectivity index (χ2v) is 9.29. The molecule has 1 aromatic carbocycles. The van der Waals surface area contributed by atoms with Gasteiger partial charge in [-0.25, -0.2) is 4.98 Å². The molecule has 0 saturated heterocycles. The van der Waals surface area contributed by atoms with Gasteiger partial charge in [0.25, 0.3) is 0 Å². The van der Waals surface area contributed by atoms with Crippen LogP contribution < -0.4 is 15.5 Å². The van der Waals surface area contributed by atoms with Gasteiger partial charge in [0.15, 0.2) is 0 Å². The first kappa shape index (κ1) is 20.4. The van der Waals surface area contributed by atoms with Crippen molar-refractivity contribution in [3.05, 3.63) is 24.3 Å². The van der Waals surface area contributed by atoms with Crippen molar-refractivity contribution in [3.63, 3.8) is 0 Å². The lowest BCUT2D eigenvalue weighted by Gasteiger charge is -2.29. The quantitative estimate of drug-likeness (QED) is 0.627. The molecule has 1 heterocycles. The van der Waals surface area contributed by atoms with Crippen molar-refractivity contribution in [2.45, 2.75) is 63.8 Å². The van der Waals surface area contributed by atoms with Gasteiger partial charge < -0.3 is 15.5 Å². The smallest absolute Gasteiger partial charge is 0.225 e. The van der Waals surface area contributed by atoms with E-state index in [-0.39, 0.29) is 0 Å². The van der Waals surface area contributed by atoms with Crippen molar-refractivity contribution >= 4 is 22.7 Å². The molecule has 0 atom stereocenters. The largest absolute Gasteiger partial charge is 0.362 e.